The number of halogens is 3. The summed E-state index contributed by atoms with van der Waals surface area (Å²) >= 11 is 0. The predicted molar refractivity (Wildman–Crippen MR) is 155 cm³/mol. The Morgan fingerprint density at radius 1 is 0.641 bits per heavy atom. The van der Waals surface area contributed by atoms with Crippen molar-refractivity contribution in [3.05, 3.63) is 139 Å². The van der Waals surface area contributed by atoms with Gasteiger partial charge in [-0.2, -0.15) is 0 Å². The SMILES string of the molecule is O=S(=O)(OP(C/C=C/CCCc1ccccc1)(c1ccccc1)(c1ccccc1)c1ccccc1)C(F)(F)F. The second kappa shape index (κ2) is 11.9. The van der Waals surface area contributed by atoms with Crippen LogP contribution < -0.4 is 15.9 Å². The summed E-state index contributed by atoms with van der Waals surface area (Å²) in [4.78, 5) is 0. The molecule has 0 saturated heterocycles. The van der Waals surface area contributed by atoms with Crippen molar-refractivity contribution in [3.8, 4) is 0 Å². The number of alkyl halides is 3. The van der Waals surface area contributed by atoms with Gasteiger partial charge in [-0.3, -0.25) is 0 Å². The molecule has 0 amide bonds. The molecule has 0 fully saturated rings. The third-order valence-corrected chi connectivity index (χ3v) is 14.5. The number of aryl methyl sites for hydroxylation is 1. The van der Waals surface area contributed by atoms with Crippen LogP contribution in [0.25, 0.3) is 0 Å². The van der Waals surface area contributed by atoms with Crippen LogP contribution in [-0.4, -0.2) is 20.1 Å². The molecule has 0 atom stereocenters. The van der Waals surface area contributed by atoms with E-state index in [1.165, 1.54) is 5.56 Å². The molecule has 0 saturated carbocycles. The Labute approximate surface area is 228 Å². The van der Waals surface area contributed by atoms with E-state index in [-0.39, 0.29) is 6.16 Å². The average molecular weight is 571 g/mol. The van der Waals surface area contributed by atoms with Crippen molar-refractivity contribution >= 4 is 32.9 Å². The molecule has 4 rings (SSSR count). The molecule has 204 valence electrons. The molecule has 0 bridgehead atoms. The van der Waals surface area contributed by atoms with Gasteiger partial charge in [0.15, 0.2) is 0 Å². The summed E-state index contributed by atoms with van der Waals surface area (Å²) in [6.45, 7) is -4.77. The second-order valence-corrected chi connectivity index (χ2v) is 15.5. The van der Waals surface area contributed by atoms with Gasteiger partial charge in [-0.15, -0.1) is 0 Å². The molecule has 0 unspecified atom stereocenters. The Morgan fingerprint density at radius 2 is 1.05 bits per heavy atom. The van der Waals surface area contributed by atoms with Crippen LogP contribution in [-0.2, 0) is 20.5 Å². The van der Waals surface area contributed by atoms with Crippen molar-refractivity contribution in [2.24, 2.45) is 0 Å². The van der Waals surface area contributed by atoms with Gasteiger partial charge in [-0.05, 0) is 0 Å². The second-order valence-electron chi connectivity index (χ2n) is 9.23. The zero-order valence-electron chi connectivity index (χ0n) is 21.2. The van der Waals surface area contributed by atoms with Crippen molar-refractivity contribution in [1.82, 2.24) is 0 Å². The van der Waals surface area contributed by atoms with Crippen molar-refractivity contribution in [2.45, 2.75) is 24.8 Å². The number of hydrogen-bond acceptors (Lipinski definition) is 3. The molecule has 0 aliphatic rings. The van der Waals surface area contributed by atoms with Crippen LogP contribution in [0.4, 0.5) is 13.2 Å². The monoisotopic (exact) mass is 570 g/mol. The molecular formula is C31H30F3O3PS. The third-order valence-electron chi connectivity index (χ3n) is 6.75. The first-order valence-electron chi connectivity index (χ1n) is 12.6. The van der Waals surface area contributed by atoms with Crippen LogP contribution in [0.15, 0.2) is 133 Å². The topological polar surface area (TPSA) is 43.4 Å². The van der Waals surface area contributed by atoms with Gasteiger partial charge in [0.25, 0.3) is 0 Å². The molecule has 3 nitrogen and oxygen atoms in total. The molecule has 0 aliphatic carbocycles. The summed E-state index contributed by atoms with van der Waals surface area (Å²) in [6.07, 6.45) is 5.98. The fraction of sp³-hybridized carbons (Fsp3) is 0.161. The van der Waals surface area contributed by atoms with Crippen molar-refractivity contribution in [3.63, 3.8) is 0 Å². The molecule has 4 aromatic rings. The van der Waals surface area contributed by atoms with Gasteiger partial charge in [0.1, 0.15) is 0 Å². The number of unbranched alkanes of at least 4 members (excludes halogenated alkanes) is 1. The van der Waals surface area contributed by atoms with Crippen molar-refractivity contribution < 1.29 is 25.6 Å². The van der Waals surface area contributed by atoms with Gasteiger partial charge in [-0.1, -0.05) is 0 Å². The molecule has 0 heterocycles. The van der Waals surface area contributed by atoms with Crippen molar-refractivity contribution in [1.29, 1.82) is 0 Å². The Hall–Kier alpha value is -3.25. The molecular weight excluding hydrogens is 540 g/mol. The van der Waals surface area contributed by atoms with Crippen LogP contribution in [0, 0.1) is 0 Å². The van der Waals surface area contributed by atoms with Gasteiger partial charge in [0.2, 0.25) is 0 Å². The Bertz CT molecular complexity index is 1380. The van der Waals surface area contributed by atoms with E-state index in [4.69, 9.17) is 3.97 Å². The predicted octanol–water partition coefficient (Wildman–Crippen LogP) is 6.88. The quantitative estimate of drug-likeness (QED) is 0.0855. The van der Waals surface area contributed by atoms with Crippen LogP contribution >= 0.6 is 6.83 Å². The van der Waals surface area contributed by atoms with E-state index in [0.717, 1.165) is 12.8 Å². The Morgan fingerprint density at radius 3 is 1.46 bits per heavy atom. The molecule has 39 heavy (non-hydrogen) atoms. The molecule has 0 aromatic heterocycles. The van der Waals surface area contributed by atoms with E-state index in [1.807, 2.05) is 36.4 Å². The van der Waals surface area contributed by atoms with Crippen LogP contribution in [0.5, 0.6) is 0 Å². The van der Waals surface area contributed by atoms with Gasteiger partial charge in [0.05, 0.1) is 0 Å². The average Bonchev–Trinajstić information content (AvgIpc) is 2.95. The molecule has 0 aliphatic heterocycles. The maximum atomic E-state index is 14.0. The first-order valence-corrected chi connectivity index (χ1v) is 16.3. The van der Waals surface area contributed by atoms with E-state index >= 15 is 0 Å². The fourth-order valence-electron chi connectivity index (χ4n) is 4.87. The van der Waals surface area contributed by atoms with Gasteiger partial charge < -0.3 is 0 Å². The molecule has 0 radical (unpaired) electrons. The zero-order chi connectivity index (χ0) is 27.8. The maximum absolute atomic E-state index is 14.0. The van der Waals surface area contributed by atoms with Crippen LogP contribution in [0.3, 0.4) is 0 Å². The molecule has 8 heteroatoms. The first-order chi connectivity index (χ1) is 18.7. The van der Waals surface area contributed by atoms with E-state index in [9.17, 15) is 21.6 Å². The number of hydrogen-bond donors (Lipinski definition) is 0. The summed E-state index contributed by atoms with van der Waals surface area (Å²) in [7, 11) is -6.02. The van der Waals surface area contributed by atoms with Gasteiger partial charge >= 0.3 is 228 Å². The molecule has 4 aromatic carbocycles. The number of allylic oxidation sites excluding steroid dienone is 2. The summed E-state index contributed by atoms with van der Waals surface area (Å²) in [5.41, 5.74) is -4.41. The molecule has 0 N–H and O–H groups in total. The summed E-state index contributed by atoms with van der Waals surface area (Å²) in [6, 6.07) is 35.3. The van der Waals surface area contributed by atoms with E-state index in [0.29, 0.717) is 22.3 Å². The standard InChI is InChI=1S/C31H30F3O3PS/c32-31(33,34)39(35,36)37-38(28-20-10-4-11-21-28,29-22-12-5-13-23-29,30-24-14-6-15-25-30)26-16-2-1-7-17-27-18-8-3-9-19-27/h2-6,8-16,18-25H,1,7,17,26H2/b16-2+. The minimum atomic E-state index is -6.02. The first kappa shape index (κ1) is 28.8. The zero-order valence-corrected chi connectivity index (χ0v) is 23.0. The van der Waals surface area contributed by atoms with Crippen LogP contribution in [0.2, 0.25) is 0 Å². The van der Waals surface area contributed by atoms with E-state index < -0.39 is 22.5 Å². The molecule has 0 spiro atoms. The summed E-state index contributed by atoms with van der Waals surface area (Å²) < 4.78 is 73.7. The number of benzene rings is 4. The third kappa shape index (κ3) is 5.86. The van der Waals surface area contributed by atoms with Crippen molar-refractivity contribution in [2.75, 3.05) is 6.16 Å². The van der Waals surface area contributed by atoms with E-state index in [1.54, 1.807) is 97.1 Å². The Kier molecular flexibility index (Phi) is 8.75. The number of rotatable bonds is 11. The summed E-state index contributed by atoms with van der Waals surface area (Å²) in [5, 5.41) is 1.17. The fourth-order valence-corrected chi connectivity index (χ4v) is 12.7. The Balaban J connectivity index is 1.90. The van der Waals surface area contributed by atoms with Gasteiger partial charge in [0, 0.05) is 0 Å². The minimum absolute atomic E-state index is 0.0652. The summed E-state index contributed by atoms with van der Waals surface area (Å²) in [5.74, 6) is 0. The van der Waals surface area contributed by atoms with Crippen LogP contribution in [0.1, 0.15) is 18.4 Å². The van der Waals surface area contributed by atoms with Gasteiger partial charge in [-0.25, -0.2) is 0 Å². The normalized spacial score (nSPS) is 13.7. The van der Waals surface area contributed by atoms with E-state index in [2.05, 4.69) is 0 Å².